The molecule has 1 heterocycles. The van der Waals surface area contributed by atoms with Gasteiger partial charge in [0.15, 0.2) is 0 Å². The maximum atomic E-state index is 12.3. The third-order valence-electron chi connectivity index (χ3n) is 4.48. The minimum atomic E-state index is -3.41. The maximum Gasteiger partial charge on any atom is 0.223 e. The summed E-state index contributed by atoms with van der Waals surface area (Å²) in [5.41, 5.74) is 0.740. The van der Waals surface area contributed by atoms with Crippen molar-refractivity contribution < 1.29 is 13.2 Å². The summed E-state index contributed by atoms with van der Waals surface area (Å²) in [4.78, 5) is 14.2. The van der Waals surface area contributed by atoms with Crippen LogP contribution < -0.4 is 0 Å². The summed E-state index contributed by atoms with van der Waals surface area (Å²) < 4.78 is 25.4. The summed E-state index contributed by atoms with van der Waals surface area (Å²) in [7, 11) is -3.41. The quantitative estimate of drug-likeness (QED) is 0.771. The Labute approximate surface area is 149 Å². The molecule has 1 aliphatic rings. The predicted molar refractivity (Wildman–Crippen MR) is 96.3 cm³/mol. The van der Waals surface area contributed by atoms with Gasteiger partial charge >= 0.3 is 0 Å². The van der Waals surface area contributed by atoms with Gasteiger partial charge in [0.2, 0.25) is 15.9 Å². The van der Waals surface area contributed by atoms with Crippen molar-refractivity contribution in [2.75, 3.05) is 25.9 Å². The third kappa shape index (κ3) is 5.46. The van der Waals surface area contributed by atoms with E-state index in [1.165, 1.54) is 4.31 Å². The van der Waals surface area contributed by atoms with Gasteiger partial charge in [-0.25, -0.2) is 8.42 Å². The van der Waals surface area contributed by atoms with Crippen molar-refractivity contribution in [2.24, 2.45) is 5.92 Å². The highest BCUT2D eigenvalue weighted by Crippen LogP contribution is 2.20. The molecular formula is C17H25ClN2O3S. The van der Waals surface area contributed by atoms with Crippen LogP contribution in [0.25, 0.3) is 0 Å². The zero-order chi connectivity index (χ0) is 17.7. The molecular weight excluding hydrogens is 348 g/mol. The fourth-order valence-corrected chi connectivity index (χ4v) is 3.81. The number of amides is 1. The number of hydrogen-bond donors (Lipinski definition) is 0. The average Bonchev–Trinajstić information content (AvgIpc) is 2.52. The van der Waals surface area contributed by atoms with Crippen molar-refractivity contribution in [1.82, 2.24) is 9.21 Å². The van der Waals surface area contributed by atoms with Gasteiger partial charge in [-0.05, 0) is 30.4 Å². The lowest BCUT2D eigenvalue weighted by molar-refractivity contribution is -0.132. The van der Waals surface area contributed by atoms with Gasteiger partial charge in [-0.15, -0.1) is 0 Å². The molecule has 0 atom stereocenters. The van der Waals surface area contributed by atoms with Crippen LogP contribution in [0.1, 0.15) is 31.7 Å². The van der Waals surface area contributed by atoms with Crippen LogP contribution in [-0.4, -0.2) is 49.4 Å². The molecule has 5 nitrogen and oxygen atoms in total. The number of likely N-dealkylation sites (tertiary alicyclic amines) is 1. The molecule has 0 radical (unpaired) electrons. The van der Waals surface area contributed by atoms with E-state index in [1.54, 1.807) is 18.2 Å². The molecule has 134 valence electrons. The number of halogens is 1. The highest BCUT2D eigenvalue weighted by Gasteiger charge is 2.23. The van der Waals surface area contributed by atoms with Crippen molar-refractivity contribution in [3.8, 4) is 0 Å². The van der Waals surface area contributed by atoms with Crippen LogP contribution in [0.2, 0.25) is 5.02 Å². The number of sulfonamides is 1. The van der Waals surface area contributed by atoms with Crippen molar-refractivity contribution in [2.45, 2.75) is 32.7 Å². The first kappa shape index (κ1) is 19.2. The fourth-order valence-electron chi connectivity index (χ4n) is 2.82. The second-order valence-electron chi connectivity index (χ2n) is 6.50. The Hall–Kier alpha value is -1.11. The van der Waals surface area contributed by atoms with Crippen LogP contribution in [-0.2, 0) is 21.4 Å². The number of nitrogens with zero attached hydrogens (tertiary/aromatic N) is 2. The minimum absolute atomic E-state index is 0.0229. The van der Waals surface area contributed by atoms with Gasteiger partial charge in [-0.1, -0.05) is 36.7 Å². The molecule has 0 N–H and O–H groups in total. The molecule has 1 aliphatic heterocycles. The van der Waals surface area contributed by atoms with Crippen LogP contribution in [0.4, 0.5) is 0 Å². The van der Waals surface area contributed by atoms with Gasteiger partial charge in [-0.2, -0.15) is 4.31 Å². The van der Waals surface area contributed by atoms with E-state index in [9.17, 15) is 13.2 Å². The monoisotopic (exact) mass is 372 g/mol. The largest absolute Gasteiger partial charge is 0.343 e. The van der Waals surface area contributed by atoms with Crippen LogP contribution >= 0.6 is 11.6 Å². The van der Waals surface area contributed by atoms with Crippen molar-refractivity contribution in [3.05, 3.63) is 34.9 Å². The molecule has 0 bridgehead atoms. The third-order valence-corrected chi connectivity index (χ3v) is 6.10. The van der Waals surface area contributed by atoms with E-state index in [1.807, 2.05) is 11.0 Å². The van der Waals surface area contributed by atoms with Crippen LogP contribution in [0.5, 0.6) is 0 Å². The fraction of sp³-hybridized carbons (Fsp3) is 0.588. The number of rotatable bonds is 6. The molecule has 0 aliphatic carbocycles. The first-order valence-electron chi connectivity index (χ1n) is 8.23. The highest BCUT2D eigenvalue weighted by molar-refractivity contribution is 7.88. The summed E-state index contributed by atoms with van der Waals surface area (Å²) in [6, 6.07) is 7.16. The topological polar surface area (TPSA) is 57.7 Å². The van der Waals surface area contributed by atoms with Gasteiger partial charge in [0.1, 0.15) is 0 Å². The first-order chi connectivity index (χ1) is 11.3. The molecule has 0 spiro atoms. The highest BCUT2D eigenvalue weighted by atomic mass is 35.5. The van der Waals surface area contributed by atoms with Gasteiger partial charge in [0.05, 0.1) is 6.26 Å². The lowest BCUT2D eigenvalue weighted by Crippen LogP contribution is -2.40. The SMILES string of the molecule is CC1CCN(C(=O)CCN(Cc2ccccc2Cl)S(C)(=O)=O)CC1. The molecule has 1 aromatic rings. The second-order valence-corrected chi connectivity index (χ2v) is 8.89. The molecule has 0 aromatic heterocycles. The Morgan fingerprint density at radius 2 is 1.92 bits per heavy atom. The Bertz CT molecular complexity index is 670. The van der Waals surface area contributed by atoms with Crippen LogP contribution in [0, 0.1) is 5.92 Å². The molecule has 24 heavy (non-hydrogen) atoms. The van der Waals surface area contributed by atoms with Crippen LogP contribution in [0.3, 0.4) is 0 Å². The number of carbonyl (C=O) groups excluding carboxylic acids is 1. The molecule has 1 aromatic carbocycles. The normalized spacial score (nSPS) is 16.6. The smallest absolute Gasteiger partial charge is 0.223 e. The summed E-state index contributed by atoms with van der Waals surface area (Å²) in [6.07, 6.45) is 3.39. The van der Waals surface area contributed by atoms with Gasteiger partial charge < -0.3 is 4.90 Å². The second kappa shape index (κ2) is 8.32. The van der Waals surface area contributed by atoms with Crippen LogP contribution in [0.15, 0.2) is 24.3 Å². The van der Waals surface area contributed by atoms with Crippen molar-refractivity contribution in [1.29, 1.82) is 0 Å². The van der Waals surface area contributed by atoms with E-state index in [-0.39, 0.29) is 25.4 Å². The number of piperidine rings is 1. The van der Waals surface area contributed by atoms with Crippen molar-refractivity contribution >= 4 is 27.5 Å². The maximum absolute atomic E-state index is 12.3. The Morgan fingerprint density at radius 1 is 1.29 bits per heavy atom. The summed E-state index contributed by atoms with van der Waals surface area (Å²) in [5, 5.41) is 0.530. The van der Waals surface area contributed by atoms with E-state index in [0.717, 1.165) is 37.8 Å². The lowest BCUT2D eigenvalue weighted by atomic mass is 9.99. The zero-order valence-electron chi connectivity index (χ0n) is 14.2. The van der Waals surface area contributed by atoms with Gasteiger partial charge in [0, 0.05) is 37.6 Å². The average molecular weight is 373 g/mol. The predicted octanol–water partition coefficient (Wildman–Crippen LogP) is 2.75. The molecule has 7 heteroatoms. The minimum Gasteiger partial charge on any atom is -0.343 e. The summed E-state index contributed by atoms with van der Waals surface area (Å²) in [6.45, 7) is 4.08. The summed E-state index contributed by atoms with van der Waals surface area (Å²) >= 11 is 6.12. The number of carbonyl (C=O) groups is 1. The standard InChI is InChI=1S/C17H25ClN2O3S/c1-14-7-10-19(11-8-14)17(21)9-12-20(24(2,22)23)13-15-5-3-4-6-16(15)18/h3-6,14H,7-13H2,1-2H3. The van der Waals surface area contributed by atoms with Gasteiger partial charge in [-0.3, -0.25) is 4.79 Å². The first-order valence-corrected chi connectivity index (χ1v) is 10.5. The van der Waals surface area contributed by atoms with Gasteiger partial charge in [0.25, 0.3) is 0 Å². The lowest BCUT2D eigenvalue weighted by Gasteiger charge is -2.31. The zero-order valence-corrected chi connectivity index (χ0v) is 15.8. The Kier molecular flexibility index (Phi) is 6.66. The summed E-state index contributed by atoms with van der Waals surface area (Å²) in [5.74, 6) is 0.677. The molecule has 0 saturated carbocycles. The van der Waals surface area contributed by atoms with Crippen molar-refractivity contribution in [3.63, 3.8) is 0 Å². The number of hydrogen-bond acceptors (Lipinski definition) is 3. The Balaban J connectivity index is 1.97. The van der Waals surface area contributed by atoms with E-state index in [2.05, 4.69) is 6.92 Å². The molecule has 2 rings (SSSR count). The number of benzene rings is 1. The molecule has 1 fully saturated rings. The van der Waals surface area contributed by atoms with E-state index in [4.69, 9.17) is 11.6 Å². The molecule has 1 saturated heterocycles. The van der Waals surface area contributed by atoms with E-state index >= 15 is 0 Å². The van der Waals surface area contributed by atoms with E-state index in [0.29, 0.717) is 10.9 Å². The van der Waals surface area contributed by atoms with E-state index < -0.39 is 10.0 Å². The molecule has 1 amide bonds. The molecule has 0 unspecified atom stereocenters. The Morgan fingerprint density at radius 3 is 2.50 bits per heavy atom.